The Bertz CT molecular complexity index is 1570. The number of aromatic amines is 1. The van der Waals surface area contributed by atoms with Crippen molar-refractivity contribution in [3.05, 3.63) is 75.1 Å². The minimum absolute atomic E-state index is 0.0931. The lowest BCUT2D eigenvalue weighted by atomic mass is 9.74. The number of likely N-dealkylation sites (tertiary alicyclic amines) is 1. The number of nitrogens with zero attached hydrogens (tertiary/aromatic N) is 2. The van der Waals surface area contributed by atoms with Gasteiger partial charge in [-0.3, -0.25) is 29.4 Å². The zero-order valence-electron chi connectivity index (χ0n) is 20.9. The first-order valence-corrected chi connectivity index (χ1v) is 13.2. The number of fused-ring (bicyclic) bond motifs is 4. The number of amides is 3. The highest BCUT2D eigenvalue weighted by Crippen LogP contribution is 2.48. The summed E-state index contributed by atoms with van der Waals surface area (Å²) in [5.41, 5.74) is 4.49. The van der Waals surface area contributed by atoms with E-state index in [2.05, 4.69) is 27.3 Å². The summed E-state index contributed by atoms with van der Waals surface area (Å²) in [5.74, 6) is -0.0952. The summed E-state index contributed by atoms with van der Waals surface area (Å²) in [5, 5.41) is 3.39. The van der Waals surface area contributed by atoms with Crippen LogP contribution in [-0.2, 0) is 28.1 Å². The highest BCUT2D eigenvalue weighted by atomic mass is 16.5. The van der Waals surface area contributed by atoms with Crippen molar-refractivity contribution in [2.75, 3.05) is 19.7 Å². The Morgan fingerprint density at radius 3 is 2.68 bits per heavy atom. The van der Waals surface area contributed by atoms with Gasteiger partial charge in [-0.25, -0.2) is 0 Å². The van der Waals surface area contributed by atoms with Gasteiger partial charge in [-0.1, -0.05) is 18.2 Å². The first-order valence-electron chi connectivity index (χ1n) is 13.2. The largest absolute Gasteiger partial charge is 0.492 e. The van der Waals surface area contributed by atoms with Gasteiger partial charge in [-0.2, -0.15) is 0 Å². The molecule has 3 amide bonds. The molecule has 38 heavy (non-hydrogen) atoms. The standard InChI is InChI=1S/C29H28N4O5/c34-24-6-4-17-2-1-3-18(26(17)30-24)14-32-10-8-29(9-11-32)16-38-23-13-20-19(12-21(23)29)15-33(28(20)37)22-5-7-25(35)31-27(22)36/h1-4,6,12-13,22H,5,7-11,14-16H2,(H,30,34)(H,31,35,36). The van der Waals surface area contributed by atoms with Gasteiger partial charge < -0.3 is 14.6 Å². The van der Waals surface area contributed by atoms with Gasteiger partial charge in [0.2, 0.25) is 17.4 Å². The Morgan fingerprint density at radius 1 is 1.03 bits per heavy atom. The molecule has 4 aliphatic heterocycles. The molecule has 1 unspecified atom stereocenters. The molecule has 1 atom stereocenters. The molecule has 0 bridgehead atoms. The molecule has 1 aromatic heterocycles. The van der Waals surface area contributed by atoms with Crippen LogP contribution in [0.1, 0.15) is 52.7 Å². The van der Waals surface area contributed by atoms with Crippen molar-refractivity contribution in [2.45, 2.75) is 50.2 Å². The van der Waals surface area contributed by atoms with E-state index in [0.717, 1.165) is 65.8 Å². The number of ether oxygens (including phenoxy) is 1. The van der Waals surface area contributed by atoms with Crippen molar-refractivity contribution < 1.29 is 19.1 Å². The third-order valence-electron chi connectivity index (χ3n) is 8.75. The number of pyridine rings is 1. The first-order chi connectivity index (χ1) is 18.4. The number of aromatic nitrogens is 1. The summed E-state index contributed by atoms with van der Waals surface area (Å²) in [4.78, 5) is 56.1. The zero-order chi connectivity index (χ0) is 26.0. The number of imide groups is 1. The van der Waals surface area contributed by atoms with Crippen LogP contribution in [0.25, 0.3) is 10.9 Å². The van der Waals surface area contributed by atoms with Crippen molar-refractivity contribution in [3.63, 3.8) is 0 Å². The van der Waals surface area contributed by atoms with Crippen molar-refractivity contribution >= 4 is 28.6 Å². The van der Waals surface area contributed by atoms with Gasteiger partial charge in [0.05, 0.1) is 12.1 Å². The lowest BCUT2D eigenvalue weighted by Crippen LogP contribution is -2.52. The average Bonchev–Trinajstić information content (AvgIpc) is 3.41. The molecule has 7 rings (SSSR count). The zero-order valence-corrected chi connectivity index (χ0v) is 20.9. The van der Waals surface area contributed by atoms with E-state index in [9.17, 15) is 19.2 Å². The third-order valence-corrected chi connectivity index (χ3v) is 8.75. The minimum atomic E-state index is -0.621. The van der Waals surface area contributed by atoms with Crippen LogP contribution >= 0.6 is 0 Å². The number of piperidine rings is 2. The van der Waals surface area contributed by atoms with Crippen molar-refractivity contribution in [3.8, 4) is 5.75 Å². The van der Waals surface area contributed by atoms with Crippen LogP contribution in [0.4, 0.5) is 0 Å². The van der Waals surface area contributed by atoms with E-state index in [-0.39, 0.29) is 29.2 Å². The van der Waals surface area contributed by atoms with E-state index in [4.69, 9.17) is 4.74 Å². The Hall–Kier alpha value is -3.98. The summed E-state index contributed by atoms with van der Waals surface area (Å²) in [6, 6.07) is 12.9. The molecule has 2 saturated heterocycles. The number of para-hydroxylation sites is 1. The number of carbonyl (C=O) groups is 3. The Kier molecular flexibility index (Phi) is 5.20. The maximum atomic E-state index is 13.2. The molecule has 2 N–H and O–H groups in total. The van der Waals surface area contributed by atoms with E-state index >= 15 is 0 Å². The van der Waals surface area contributed by atoms with Crippen LogP contribution < -0.4 is 15.6 Å². The van der Waals surface area contributed by atoms with Gasteiger partial charge in [0.1, 0.15) is 11.8 Å². The van der Waals surface area contributed by atoms with E-state index in [0.29, 0.717) is 25.1 Å². The molecule has 2 fully saturated rings. The second-order valence-electron chi connectivity index (χ2n) is 11.0. The summed E-state index contributed by atoms with van der Waals surface area (Å²) in [7, 11) is 0. The van der Waals surface area contributed by atoms with Gasteiger partial charge in [0.25, 0.3) is 5.91 Å². The molecular weight excluding hydrogens is 484 g/mol. The summed E-state index contributed by atoms with van der Waals surface area (Å²) < 4.78 is 6.15. The molecular formula is C29H28N4O5. The van der Waals surface area contributed by atoms with Crippen molar-refractivity contribution in [1.29, 1.82) is 0 Å². The number of benzene rings is 2. The van der Waals surface area contributed by atoms with Gasteiger partial charge in [0.15, 0.2) is 0 Å². The van der Waals surface area contributed by atoms with Gasteiger partial charge >= 0.3 is 0 Å². The average molecular weight is 513 g/mol. The first kappa shape index (κ1) is 23.2. The number of nitrogens with one attached hydrogen (secondary N) is 2. The second kappa shape index (κ2) is 8.52. The van der Waals surface area contributed by atoms with E-state index < -0.39 is 11.9 Å². The van der Waals surface area contributed by atoms with Crippen LogP contribution in [0.5, 0.6) is 5.75 Å². The number of hydrogen-bond acceptors (Lipinski definition) is 6. The van der Waals surface area contributed by atoms with Crippen LogP contribution in [0.3, 0.4) is 0 Å². The molecule has 194 valence electrons. The molecule has 9 nitrogen and oxygen atoms in total. The lowest BCUT2D eigenvalue weighted by Gasteiger charge is -2.38. The van der Waals surface area contributed by atoms with Crippen LogP contribution in [-0.4, -0.2) is 58.2 Å². The summed E-state index contributed by atoms with van der Waals surface area (Å²) in [6.07, 6.45) is 2.46. The minimum Gasteiger partial charge on any atom is -0.492 e. The predicted molar refractivity (Wildman–Crippen MR) is 139 cm³/mol. The highest BCUT2D eigenvalue weighted by molar-refractivity contribution is 6.05. The van der Waals surface area contributed by atoms with Crippen molar-refractivity contribution in [2.24, 2.45) is 0 Å². The summed E-state index contributed by atoms with van der Waals surface area (Å²) >= 11 is 0. The topological polar surface area (TPSA) is 112 Å². The smallest absolute Gasteiger partial charge is 0.255 e. The molecule has 0 radical (unpaired) electrons. The quantitative estimate of drug-likeness (QED) is 0.521. The predicted octanol–water partition coefficient (Wildman–Crippen LogP) is 2.22. The number of hydrogen-bond donors (Lipinski definition) is 2. The van der Waals surface area contributed by atoms with Gasteiger partial charge in [-0.05, 0) is 67.1 Å². The Balaban J connectivity index is 1.09. The molecule has 0 aliphatic carbocycles. The van der Waals surface area contributed by atoms with Crippen molar-refractivity contribution in [1.82, 2.24) is 20.1 Å². The molecule has 3 aromatic rings. The molecule has 5 heterocycles. The van der Waals surface area contributed by atoms with Gasteiger partial charge in [-0.15, -0.1) is 0 Å². The van der Waals surface area contributed by atoms with E-state index in [1.807, 2.05) is 24.3 Å². The maximum Gasteiger partial charge on any atom is 0.255 e. The van der Waals surface area contributed by atoms with E-state index in [1.165, 1.54) is 0 Å². The van der Waals surface area contributed by atoms with E-state index in [1.54, 1.807) is 11.0 Å². The molecule has 9 heteroatoms. The SMILES string of the molecule is O=C1CCC(N2Cc3cc4c(cc3C2=O)OCC42CCN(Cc3cccc4ccc(=O)[nH]c34)CC2)C(=O)N1. The molecule has 0 saturated carbocycles. The van der Waals surface area contributed by atoms with Crippen LogP contribution in [0.15, 0.2) is 47.3 Å². The third kappa shape index (κ3) is 3.64. The highest BCUT2D eigenvalue weighted by Gasteiger charge is 2.46. The fourth-order valence-corrected chi connectivity index (χ4v) is 6.59. The normalized spacial score (nSPS) is 22.5. The molecule has 2 aromatic carbocycles. The van der Waals surface area contributed by atoms with Crippen LogP contribution in [0, 0.1) is 0 Å². The monoisotopic (exact) mass is 512 g/mol. The van der Waals surface area contributed by atoms with Crippen LogP contribution in [0.2, 0.25) is 0 Å². The molecule has 4 aliphatic rings. The second-order valence-corrected chi connectivity index (χ2v) is 11.0. The lowest BCUT2D eigenvalue weighted by molar-refractivity contribution is -0.136. The fraction of sp³-hybridized carbons (Fsp3) is 0.379. The van der Waals surface area contributed by atoms with Gasteiger partial charge in [0, 0.05) is 42.1 Å². The number of carbonyl (C=O) groups excluding carboxylic acids is 3. The maximum absolute atomic E-state index is 13.2. The Morgan fingerprint density at radius 2 is 1.87 bits per heavy atom. The fourth-order valence-electron chi connectivity index (χ4n) is 6.59. The Labute approximate surface area is 218 Å². The molecule has 1 spiro atoms. The summed E-state index contributed by atoms with van der Waals surface area (Å²) in [6.45, 7) is 3.53. The number of H-pyrrole nitrogens is 1. The number of rotatable bonds is 3.